The number of aromatic nitrogens is 2. The summed E-state index contributed by atoms with van der Waals surface area (Å²) in [5, 5.41) is 2.68. The van der Waals surface area contributed by atoms with E-state index in [1.54, 1.807) is 6.07 Å². The zero-order chi connectivity index (χ0) is 18.3. The molecule has 2 aromatic rings. The van der Waals surface area contributed by atoms with Crippen LogP contribution in [-0.4, -0.2) is 35.5 Å². The summed E-state index contributed by atoms with van der Waals surface area (Å²) in [6, 6.07) is 6.10. The summed E-state index contributed by atoms with van der Waals surface area (Å²) >= 11 is 0. The lowest BCUT2D eigenvalue weighted by Gasteiger charge is -2.09. The Morgan fingerprint density at radius 3 is 2.64 bits per heavy atom. The molecule has 0 atom stereocenters. The van der Waals surface area contributed by atoms with Crippen LogP contribution in [0.5, 0.6) is 5.88 Å². The second-order valence-corrected chi connectivity index (χ2v) is 4.80. The van der Waals surface area contributed by atoms with Gasteiger partial charge in [0.05, 0.1) is 6.61 Å². The third-order valence-corrected chi connectivity index (χ3v) is 2.89. The maximum absolute atomic E-state index is 11.9. The molecule has 25 heavy (non-hydrogen) atoms. The van der Waals surface area contributed by atoms with E-state index in [2.05, 4.69) is 20.0 Å². The zero-order valence-electron chi connectivity index (χ0n) is 12.9. The van der Waals surface area contributed by atoms with Crippen LogP contribution in [-0.2, 0) is 11.3 Å². The number of hydrogen-bond acceptors (Lipinski definition) is 6. The third kappa shape index (κ3) is 6.63. The van der Waals surface area contributed by atoms with Crippen molar-refractivity contribution in [3.63, 3.8) is 0 Å². The molecule has 2 aromatic heterocycles. The molecule has 0 saturated heterocycles. The lowest BCUT2D eigenvalue weighted by atomic mass is 10.2. The molecule has 7 nitrogen and oxygen atoms in total. The number of alkyl halides is 3. The Hall–Kier alpha value is -2.88. The van der Waals surface area contributed by atoms with Crippen LogP contribution in [0.3, 0.4) is 0 Å². The maximum Gasteiger partial charge on any atom is 0.522 e. The van der Waals surface area contributed by atoms with Crippen LogP contribution in [0.15, 0.2) is 36.7 Å². The van der Waals surface area contributed by atoms with Crippen LogP contribution in [0.2, 0.25) is 0 Å². The first-order valence-corrected chi connectivity index (χ1v) is 7.11. The molecule has 0 aliphatic heterocycles. The molecule has 0 aliphatic carbocycles. The van der Waals surface area contributed by atoms with Gasteiger partial charge in [-0.15, -0.1) is 13.2 Å². The molecule has 2 heterocycles. The normalized spacial score (nSPS) is 11.2. The molecule has 0 radical (unpaired) electrons. The zero-order valence-corrected chi connectivity index (χ0v) is 12.9. The van der Waals surface area contributed by atoms with Crippen molar-refractivity contribution in [2.24, 2.45) is 0 Å². The Morgan fingerprint density at radius 2 is 2.00 bits per heavy atom. The van der Waals surface area contributed by atoms with E-state index in [1.807, 2.05) is 0 Å². The summed E-state index contributed by atoms with van der Waals surface area (Å²) < 4.78 is 44.0. The van der Waals surface area contributed by atoms with Gasteiger partial charge in [-0.3, -0.25) is 9.53 Å². The van der Waals surface area contributed by atoms with Gasteiger partial charge in [0.25, 0.3) is 5.91 Å². The summed E-state index contributed by atoms with van der Waals surface area (Å²) in [5.41, 5.74) is 6.58. The smallest absolute Gasteiger partial charge is 0.475 e. The predicted molar refractivity (Wildman–Crippen MR) is 81.6 cm³/mol. The maximum atomic E-state index is 11.9. The van der Waals surface area contributed by atoms with Gasteiger partial charge in [0.1, 0.15) is 12.4 Å². The van der Waals surface area contributed by atoms with Crippen LogP contribution < -0.4 is 15.8 Å². The van der Waals surface area contributed by atoms with E-state index in [-0.39, 0.29) is 30.8 Å². The second-order valence-electron chi connectivity index (χ2n) is 4.80. The van der Waals surface area contributed by atoms with Gasteiger partial charge < -0.3 is 15.8 Å². The molecule has 0 aliphatic rings. The average molecular weight is 356 g/mol. The number of ether oxygens (including phenoxy) is 2. The minimum Gasteiger partial charge on any atom is -0.475 e. The highest BCUT2D eigenvalue weighted by molar-refractivity contribution is 5.94. The van der Waals surface area contributed by atoms with Gasteiger partial charge in [0, 0.05) is 30.6 Å². The molecule has 2 rings (SSSR count). The van der Waals surface area contributed by atoms with Crippen molar-refractivity contribution >= 4 is 11.7 Å². The van der Waals surface area contributed by atoms with Gasteiger partial charge in [-0.05, 0) is 17.7 Å². The van der Waals surface area contributed by atoms with Crippen molar-refractivity contribution in [3.8, 4) is 5.88 Å². The molecule has 134 valence electrons. The van der Waals surface area contributed by atoms with Crippen molar-refractivity contribution < 1.29 is 27.4 Å². The average Bonchev–Trinajstić information content (AvgIpc) is 2.57. The molecule has 0 saturated carbocycles. The van der Waals surface area contributed by atoms with Crippen molar-refractivity contribution in [2.75, 3.05) is 18.9 Å². The summed E-state index contributed by atoms with van der Waals surface area (Å²) in [6.07, 6.45) is -1.81. The minimum atomic E-state index is -4.68. The lowest BCUT2D eigenvalue weighted by Crippen LogP contribution is -2.23. The van der Waals surface area contributed by atoms with Crippen molar-refractivity contribution in [1.82, 2.24) is 15.3 Å². The molecule has 0 unspecified atom stereocenters. The molecule has 0 fully saturated rings. The van der Waals surface area contributed by atoms with Gasteiger partial charge in [-0.1, -0.05) is 6.07 Å². The Morgan fingerprint density at radius 1 is 1.20 bits per heavy atom. The van der Waals surface area contributed by atoms with E-state index in [0.29, 0.717) is 11.1 Å². The van der Waals surface area contributed by atoms with Crippen LogP contribution >= 0.6 is 0 Å². The van der Waals surface area contributed by atoms with Crippen molar-refractivity contribution in [2.45, 2.75) is 12.9 Å². The highest BCUT2D eigenvalue weighted by Crippen LogP contribution is 2.15. The number of pyridine rings is 2. The SMILES string of the molecule is Nc1cc(C(=O)NCc2ccc(OCCOC(F)(F)F)nc2)ccn1. The summed E-state index contributed by atoms with van der Waals surface area (Å²) in [6.45, 7) is -0.699. The fourth-order valence-electron chi connectivity index (χ4n) is 1.78. The number of hydrogen-bond donors (Lipinski definition) is 2. The Bertz CT molecular complexity index is 708. The van der Waals surface area contributed by atoms with E-state index >= 15 is 0 Å². The monoisotopic (exact) mass is 356 g/mol. The van der Waals surface area contributed by atoms with Crippen LogP contribution in [0.4, 0.5) is 19.0 Å². The number of nitrogens with zero attached hydrogens (tertiary/aromatic N) is 2. The molecule has 3 N–H and O–H groups in total. The fourth-order valence-corrected chi connectivity index (χ4v) is 1.78. The largest absolute Gasteiger partial charge is 0.522 e. The van der Waals surface area contributed by atoms with E-state index in [4.69, 9.17) is 10.5 Å². The molecular formula is C15H15F3N4O3. The summed E-state index contributed by atoms with van der Waals surface area (Å²) in [5.74, 6) is 0.0757. The minimum absolute atomic E-state index is 0.155. The molecule has 0 spiro atoms. The number of carbonyl (C=O) groups excluding carboxylic acids is 1. The molecular weight excluding hydrogens is 341 g/mol. The van der Waals surface area contributed by atoms with E-state index in [1.165, 1.54) is 30.6 Å². The number of nitrogen functional groups attached to an aromatic ring is 1. The van der Waals surface area contributed by atoms with Gasteiger partial charge in [-0.2, -0.15) is 0 Å². The first-order valence-electron chi connectivity index (χ1n) is 7.11. The van der Waals surface area contributed by atoms with Gasteiger partial charge >= 0.3 is 6.36 Å². The van der Waals surface area contributed by atoms with E-state index < -0.39 is 13.0 Å². The molecule has 10 heteroatoms. The quantitative estimate of drug-likeness (QED) is 0.735. The Balaban J connectivity index is 1.77. The van der Waals surface area contributed by atoms with E-state index in [0.717, 1.165) is 0 Å². The standard InChI is InChI=1S/C15H15F3N4O3/c16-15(17,18)25-6-5-24-13-2-1-10(8-21-13)9-22-14(23)11-3-4-20-12(19)7-11/h1-4,7-8H,5-6,9H2,(H2,19,20)(H,22,23). The van der Waals surface area contributed by atoms with E-state index in [9.17, 15) is 18.0 Å². The first kappa shape index (κ1) is 18.5. The fraction of sp³-hybridized carbons (Fsp3) is 0.267. The number of rotatable bonds is 7. The van der Waals surface area contributed by atoms with Crippen molar-refractivity contribution in [3.05, 3.63) is 47.8 Å². The van der Waals surface area contributed by atoms with Crippen LogP contribution in [0, 0.1) is 0 Å². The Labute approximate surface area is 141 Å². The molecule has 0 aromatic carbocycles. The van der Waals surface area contributed by atoms with Crippen LogP contribution in [0.25, 0.3) is 0 Å². The second kappa shape index (κ2) is 8.29. The van der Waals surface area contributed by atoms with Crippen LogP contribution in [0.1, 0.15) is 15.9 Å². The lowest BCUT2D eigenvalue weighted by molar-refractivity contribution is -0.325. The molecule has 1 amide bonds. The number of nitrogens with two attached hydrogens (primary N) is 1. The summed E-state index contributed by atoms with van der Waals surface area (Å²) in [4.78, 5) is 19.7. The topological polar surface area (TPSA) is 99.4 Å². The van der Waals surface area contributed by atoms with Crippen molar-refractivity contribution in [1.29, 1.82) is 0 Å². The molecule has 0 bridgehead atoms. The Kier molecular flexibility index (Phi) is 6.12. The first-order chi connectivity index (χ1) is 11.8. The summed E-state index contributed by atoms with van der Waals surface area (Å²) in [7, 11) is 0. The van der Waals surface area contributed by atoms with Gasteiger partial charge in [0.2, 0.25) is 5.88 Å². The predicted octanol–water partition coefficient (Wildman–Crippen LogP) is 1.90. The third-order valence-electron chi connectivity index (χ3n) is 2.89. The number of nitrogens with one attached hydrogen (secondary N) is 1. The highest BCUT2D eigenvalue weighted by atomic mass is 19.4. The van der Waals surface area contributed by atoms with Gasteiger partial charge in [0.15, 0.2) is 0 Å². The number of halogens is 3. The number of anilines is 1. The number of amides is 1. The highest BCUT2D eigenvalue weighted by Gasteiger charge is 2.28. The van der Waals surface area contributed by atoms with Gasteiger partial charge in [-0.25, -0.2) is 9.97 Å². The number of carbonyl (C=O) groups is 1.